The predicted molar refractivity (Wildman–Crippen MR) is 84.0 cm³/mol. The van der Waals surface area contributed by atoms with Crippen LogP contribution in [0.15, 0.2) is 24.3 Å². The van der Waals surface area contributed by atoms with Crippen molar-refractivity contribution in [2.45, 2.75) is 13.8 Å². The molecule has 6 nitrogen and oxygen atoms in total. The largest absolute Gasteiger partial charge is 0.396 e. The van der Waals surface area contributed by atoms with E-state index >= 15 is 0 Å². The zero-order chi connectivity index (χ0) is 14.7. The van der Waals surface area contributed by atoms with Crippen molar-refractivity contribution in [1.82, 2.24) is 15.1 Å². The van der Waals surface area contributed by atoms with Gasteiger partial charge >= 0.3 is 0 Å². The summed E-state index contributed by atoms with van der Waals surface area (Å²) in [6.45, 7) is 0.110. The standard InChI is InChI=1S/C14H18N4O2.CH4/c1-16-14(20)11-12(17-18(2)13(11)15)10-5-3-9(4-6-10)7-8-19;/h3-6,19H,7-8,15H2,1-2H3,(H,16,20);1H4. The van der Waals surface area contributed by atoms with E-state index in [-0.39, 0.29) is 19.9 Å². The molecule has 0 aliphatic carbocycles. The van der Waals surface area contributed by atoms with Gasteiger partial charge in [0, 0.05) is 26.3 Å². The Hall–Kier alpha value is -2.34. The maximum atomic E-state index is 11.9. The Balaban J connectivity index is 0.00000220. The van der Waals surface area contributed by atoms with Gasteiger partial charge in [0.05, 0.1) is 0 Å². The average Bonchev–Trinajstić information content (AvgIpc) is 2.75. The summed E-state index contributed by atoms with van der Waals surface area (Å²) in [5.41, 5.74) is 8.68. The molecule has 1 aromatic heterocycles. The van der Waals surface area contributed by atoms with Crippen LogP contribution in [-0.2, 0) is 13.5 Å². The Labute approximate surface area is 124 Å². The van der Waals surface area contributed by atoms with E-state index in [9.17, 15) is 4.79 Å². The Morgan fingerprint density at radius 2 is 2.00 bits per heavy atom. The number of aromatic nitrogens is 2. The third-order valence-corrected chi connectivity index (χ3v) is 3.17. The Morgan fingerprint density at radius 1 is 1.38 bits per heavy atom. The number of rotatable bonds is 4. The van der Waals surface area contributed by atoms with Gasteiger partial charge in [0.15, 0.2) is 0 Å². The van der Waals surface area contributed by atoms with E-state index < -0.39 is 0 Å². The van der Waals surface area contributed by atoms with Crippen LogP contribution in [0.25, 0.3) is 11.3 Å². The van der Waals surface area contributed by atoms with Gasteiger partial charge in [-0.1, -0.05) is 31.7 Å². The molecular weight excluding hydrogens is 268 g/mol. The summed E-state index contributed by atoms with van der Waals surface area (Å²) in [4.78, 5) is 11.9. The number of nitrogens with zero attached hydrogens (tertiary/aromatic N) is 2. The van der Waals surface area contributed by atoms with Crippen molar-refractivity contribution in [3.05, 3.63) is 35.4 Å². The molecule has 6 heteroatoms. The van der Waals surface area contributed by atoms with E-state index in [2.05, 4.69) is 10.4 Å². The molecule has 0 unspecified atom stereocenters. The fraction of sp³-hybridized carbons (Fsp3) is 0.333. The minimum Gasteiger partial charge on any atom is -0.396 e. The van der Waals surface area contributed by atoms with E-state index in [0.29, 0.717) is 23.5 Å². The van der Waals surface area contributed by atoms with Crippen molar-refractivity contribution >= 4 is 11.7 Å². The molecule has 0 atom stereocenters. The maximum absolute atomic E-state index is 11.9. The summed E-state index contributed by atoms with van der Waals surface area (Å²) < 4.78 is 1.49. The maximum Gasteiger partial charge on any atom is 0.257 e. The highest BCUT2D eigenvalue weighted by Gasteiger charge is 2.21. The number of benzene rings is 1. The van der Waals surface area contributed by atoms with Gasteiger partial charge in [-0.15, -0.1) is 0 Å². The molecule has 1 amide bonds. The second kappa shape index (κ2) is 6.90. The summed E-state index contributed by atoms with van der Waals surface area (Å²) in [7, 11) is 3.26. The van der Waals surface area contributed by atoms with E-state index in [1.165, 1.54) is 4.68 Å². The molecule has 0 fully saturated rings. The molecule has 21 heavy (non-hydrogen) atoms. The third kappa shape index (κ3) is 3.22. The molecule has 0 saturated heterocycles. The quantitative estimate of drug-likeness (QED) is 0.788. The van der Waals surface area contributed by atoms with Gasteiger partial charge in [-0.3, -0.25) is 9.48 Å². The first-order valence-corrected chi connectivity index (χ1v) is 6.33. The number of hydrogen-bond acceptors (Lipinski definition) is 4. The van der Waals surface area contributed by atoms with Crippen molar-refractivity contribution < 1.29 is 9.90 Å². The second-order valence-electron chi connectivity index (χ2n) is 4.48. The molecule has 1 aromatic carbocycles. The zero-order valence-corrected chi connectivity index (χ0v) is 11.6. The number of carbonyl (C=O) groups is 1. The topological polar surface area (TPSA) is 93.2 Å². The van der Waals surface area contributed by atoms with Crippen LogP contribution in [0.5, 0.6) is 0 Å². The minimum atomic E-state index is -0.259. The molecule has 0 bridgehead atoms. The number of anilines is 1. The highest BCUT2D eigenvalue weighted by Crippen LogP contribution is 2.27. The van der Waals surface area contributed by atoms with Gasteiger partial charge in [0.25, 0.3) is 5.91 Å². The molecule has 2 rings (SSSR count). The second-order valence-corrected chi connectivity index (χ2v) is 4.48. The Kier molecular flexibility index (Phi) is 5.49. The molecule has 0 aliphatic rings. The third-order valence-electron chi connectivity index (χ3n) is 3.17. The summed E-state index contributed by atoms with van der Waals surface area (Å²) in [6.07, 6.45) is 0.604. The van der Waals surface area contributed by atoms with Crippen molar-refractivity contribution in [2.75, 3.05) is 19.4 Å². The van der Waals surface area contributed by atoms with Crippen molar-refractivity contribution in [1.29, 1.82) is 0 Å². The fourth-order valence-corrected chi connectivity index (χ4v) is 2.05. The average molecular weight is 290 g/mol. The number of aryl methyl sites for hydroxylation is 1. The number of nitrogens with two attached hydrogens (primary N) is 1. The van der Waals surface area contributed by atoms with Gasteiger partial charge < -0.3 is 16.2 Å². The van der Waals surface area contributed by atoms with Crippen molar-refractivity contribution in [2.24, 2.45) is 7.05 Å². The van der Waals surface area contributed by atoms with Crippen molar-refractivity contribution in [3.8, 4) is 11.3 Å². The first kappa shape index (κ1) is 16.7. The molecule has 0 saturated carbocycles. The van der Waals surface area contributed by atoms with Crippen LogP contribution in [0.1, 0.15) is 23.3 Å². The fourth-order valence-electron chi connectivity index (χ4n) is 2.05. The highest BCUT2D eigenvalue weighted by molar-refractivity contribution is 6.04. The summed E-state index contributed by atoms with van der Waals surface area (Å²) in [5, 5.41) is 15.8. The van der Waals surface area contributed by atoms with E-state index in [1.54, 1.807) is 14.1 Å². The number of aliphatic hydroxyl groups is 1. The van der Waals surface area contributed by atoms with Gasteiger partial charge in [0.2, 0.25) is 0 Å². The number of nitrogens with one attached hydrogen (secondary N) is 1. The number of amides is 1. The summed E-state index contributed by atoms with van der Waals surface area (Å²) >= 11 is 0. The molecule has 1 heterocycles. The van der Waals surface area contributed by atoms with Crippen LogP contribution in [0, 0.1) is 0 Å². The highest BCUT2D eigenvalue weighted by atomic mass is 16.2. The van der Waals surface area contributed by atoms with Gasteiger partial charge in [-0.25, -0.2) is 0 Å². The molecule has 0 spiro atoms. The predicted octanol–water partition coefficient (Wildman–Crippen LogP) is 1.20. The lowest BCUT2D eigenvalue weighted by atomic mass is 10.0. The molecule has 4 N–H and O–H groups in total. The van der Waals surface area contributed by atoms with E-state index in [4.69, 9.17) is 10.8 Å². The first-order chi connectivity index (χ1) is 9.58. The Bertz CT molecular complexity index is 617. The molecular formula is C15H22N4O2. The van der Waals surface area contributed by atoms with Crippen molar-refractivity contribution in [3.63, 3.8) is 0 Å². The lowest BCUT2D eigenvalue weighted by Crippen LogP contribution is -2.19. The minimum absolute atomic E-state index is 0. The molecule has 0 radical (unpaired) electrons. The van der Waals surface area contributed by atoms with Crippen LogP contribution < -0.4 is 11.1 Å². The lowest BCUT2D eigenvalue weighted by Gasteiger charge is -2.04. The summed E-state index contributed by atoms with van der Waals surface area (Å²) in [6, 6.07) is 7.56. The van der Waals surface area contributed by atoms with Gasteiger partial charge in [-0.05, 0) is 12.0 Å². The lowest BCUT2D eigenvalue weighted by molar-refractivity contribution is 0.0964. The summed E-state index contributed by atoms with van der Waals surface area (Å²) in [5.74, 6) is 0.0730. The van der Waals surface area contributed by atoms with Gasteiger partial charge in [0.1, 0.15) is 17.1 Å². The zero-order valence-electron chi connectivity index (χ0n) is 11.6. The van der Waals surface area contributed by atoms with Crippen LogP contribution in [0.2, 0.25) is 0 Å². The first-order valence-electron chi connectivity index (χ1n) is 6.33. The number of aliphatic hydroxyl groups excluding tert-OH is 1. The van der Waals surface area contributed by atoms with E-state index in [1.807, 2.05) is 24.3 Å². The van der Waals surface area contributed by atoms with Crippen LogP contribution >= 0.6 is 0 Å². The molecule has 0 aliphatic heterocycles. The normalized spacial score (nSPS) is 10.0. The number of nitrogen functional groups attached to an aromatic ring is 1. The van der Waals surface area contributed by atoms with E-state index in [0.717, 1.165) is 11.1 Å². The SMILES string of the molecule is C.CNC(=O)c1c(-c2ccc(CCO)cc2)nn(C)c1N. The number of carbonyl (C=O) groups excluding carboxylic acids is 1. The smallest absolute Gasteiger partial charge is 0.257 e. The van der Waals surface area contributed by atoms with Crippen LogP contribution in [-0.4, -0.2) is 34.4 Å². The van der Waals surface area contributed by atoms with Crippen LogP contribution in [0.3, 0.4) is 0 Å². The Morgan fingerprint density at radius 3 is 2.52 bits per heavy atom. The molecule has 2 aromatic rings. The monoisotopic (exact) mass is 290 g/mol. The van der Waals surface area contributed by atoms with Crippen LogP contribution in [0.4, 0.5) is 5.82 Å². The number of hydrogen-bond donors (Lipinski definition) is 3. The van der Waals surface area contributed by atoms with Gasteiger partial charge in [-0.2, -0.15) is 5.10 Å². The molecule has 114 valence electrons.